The van der Waals surface area contributed by atoms with Gasteiger partial charge >= 0.3 is 11.8 Å². The van der Waals surface area contributed by atoms with Crippen LogP contribution in [-0.2, 0) is 9.59 Å². The number of carbonyl (C=O) groups excluding carboxylic acids is 2. The number of hydrogen-bond acceptors (Lipinski definition) is 6. The summed E-state index contributed by atoms with van der Waals surface area (Å²) in [6, 6.07) is 17.5. The van der Waals surface area contributed by atoms with Crippen LogP contribution in [0.5, 0.6) is 11.5 Å². The highest BCUT2D eigenvalue weighted by Gasteiger charge is 2.25. The Balaban J connectivity index is 1.89. The Morgan fingerprint density at radius 1 is 1.06 bits per heavy atom. The van der Waals surface area contributed by atoms with Gasteiger partial charge in [0, 0.05) is 23.2 Å². The summed E-state index contributed by atoms with van der Waals surface area (Å²) < 4.78 is 24.7. The van der Waals surface area contributed by atoms with Gasteiger partial charge in [-0.3, -0.25) is 9.59 Å². The highest BCUT2D eigenvalue weighted by atomic mass is 19.1. The summed E-state index contributed by atoms with van der Waals surface area (Å²) in [6.07, 6.45) is 0.463. The Hall–Kier alpha value is -4.40. The third kappa shape index (κ3) is 6.10. The fraction of sp³-hybridized carbons (Fsp3) is 0.160. The van der Waals surface area contributed by atoms with Gasteiger partial charge in [0.05, 0.1) is 13.2 Å². The van der Waals surface area contributed by atoms with Gasteiger partial charge < -0.3 is 31.3 Å². The zero-order valence-electron chi connectivity index (χ0n) is 18.7. The molecule has 34 heavy (non-hydrogen) atoms. The normalized spacial score (nSPS) is 12.2. The number of nitrogens with one attached hydrogen (secondary N) is 3. The Bertz CT molecular complexity index is 1180. The van der Waals surface area contributed by atoms with Gasteiger partial charge in [-0.2, -0.15) is 0 Å². The first-order valence-corrected chi connectivity index (χ1v) is 10.4. The van der Waals surface area contributed by atoms with Crippen LogP contribution in [0.1, 0.15) is 24.2 Å². The molecule has 3 rings (SSSR count). The molecule has 0 bridgehead atoms. The fourth-order valence-corrected chi connectivity index (χ4v) is 3.31. The van der Waals surface area contributed by atoms with E-state index in [1.807, 2.05) is 6.07 Å². The Morgan fingerprint density at radius 2 is 1.79 bits per heavy atom. The van der Waals surface area contributed by atoms with Crippen molar-refractivity contribution in [1.29, 1.82) is 5.41 Å². The summed E-state index contributed by atoms with van der Waals surface area (Å²) in [5.74, 6) is -1.35. The molecule has 0 heterocycles. The molecular weight excluding hydrogens is 439 g/mol. The first-order valence-electron chi connectivity index (χ1n) is 10.4. The van der Waals surface area contributed by atoms with Crippen LogP contribution in [-0.4, -0.2) is 31.2 Å². The van der Waals surface area contributed by atoms with E-state index in [9.17, 15) is 14.0 Å². The minimum absolute atomic E-state index is 0.345. The molecule has 176 valence electrons. The van der Waals surface area contributed by atoms with Crippen LogP contribution >= 0.6 is 0 Å². The van der Waals surface area contributed by atoms with E-state index in [0.717, 1.165) is 6.21 Å². The summed E-state index contributed by atoms with van der Waals surface area (Å²) in [4.78, 5) is 23.1. The van der Waals surface area contributed by atoms with E-state index in [2.05, 4.69) is 10.6 Å². The molecule has 0 radical (unpaired) electrons. The second-order valence-corrected chi connectivity index (χ2v) is 7.47. The van der Waals surface area contributed by atoms with E-state index in [1.165, 1.54) is 19.2 Å². The molecule has 5 N–H and O–H groups in total. The minimum Gasteiger partial charge on any atom is -0.497 e. The van der Waals surface area contributed by atoms with Gasteiger partial charge in [0.25, 0.3) is 0 Å². The quantitative estimate of drug-likeness (QED) is 0.284. The third-order valence-corrected chi connectivity index (χ3v) is 5.02. The van der Waals surface area contributed by atoms with Crippen molar-refractivity contribution in [3.05, 3.63) is 83.7 Å². The van der Waals surface area contributed by atoms with E-state index in [1.54, 1.807) is 55.5 Å². The maximum absolute atomic E-state index is 13.2. The molecule has 0 unspecified atom stereocenters. The molecule has 3 aromatic rings. The first kappa shape index (κ1) is 24.2. The van der Waals surface area contributed by atoms with Crippen molar-refractivity contribution in [1.82, 2.24) is 5.32 Å². The molecule has 3 aromatic carbocycles. The molecule has 0 spiro atoms. The molecule has 0 aliphatic carbocycles. The van der Waals surface area contributed by atoms with Crippen molar-refractivity contribution in [3.8, 4) is 11.5 Å². The molecule has 0 fully saturated rings. The number of primary amides is 1. The molecule has 0 aliphatic heterocycles. The molecule has 2 amide bonds. The molecule has 8 nitrogen and oxygen atoms in total. The SMILES string of the molecule is COc1cccc([C@@H](Oc2ccc(Nc3ccc(F)cc3)c(C=N)c2)[C@H](C)NC(=O)C(N)=O)c1. The summed E-state index contributed by atoms with van der Waals surface area (Å²) in [5, 5.41) is 13.5. The molecule has 9 heteroatoms. The molecule has 0 aromatic heterocycles. The van der Waals surface area contributed by atoms with Crippen LogP contribution in [0.15, 0.2) is 66.7 Å². The van der Waals surface area contributed by atoms with E-state index in [-0.39, 0.29) is 5.82 Å². The first-order chi connectivity index (χ1) is 16.3. The van der Waals surface area contributed by atoms with Crippen LogP contribution in [0.4, 0.5) is 15.8 Å². The second-order valence-electron chi connectivity index (χ2n) is 7.47. The predicted octanol–water partition coefficient (Wildman–Crippen LogP) is 3.69. The number of rotatable bonds is 9. The number of nitrogens with two attached hydrogens (primary N) is 1. The molecule has 0 aliphatic rings. The number of amides is 2. The largest absolute Gasteiger partial charge is 0.497 e. The maximum atomic E-state index is 13.2. The topological polar surface area (TPSA) is 127 Å². The summed E-state index contributed by atoms with van der Waals surface area (Å²) >= 11 is 0. The molecule has 2 atom stereocenters. The Morgan fingerprint density at radius 3 is 2.44 bits per heavy atom. The van der Waals surface area contributed by atoms with E-state index >= 15 is 0 Å². The Labute approximate surface area is 196 Å². The van der Waals surface area contributed by atoms with Crippen LogP contribution in [0, 0.1) is 11.2 Å². The molecule has 0 saturated carbocycles. The Kier molecular flexibility index (Phi) is 7.81. The average Bonchev–Trinajstić information content (AvgIpc) is 2.84. The van der Waals surface area contributed by atoms with Gasteiger partial charge in [-0.15, -0.1) is 0 Å². The van der Waals surface area contributed by atoms with Crippen molar-refractivity contribution >= 4 is 29.4 Å². The van der Waals surface area contributed by atoms with Gasteiger partial charge in [0.2, 0.25) is 0 Å². The van der Waals surface area contributed by atoms with Crippen molar-refractivity contribution in [3.63, 3.8) is 0 Å². The van der Waals surface area contributed by atoms with Gasteiger partial charge in [-0.05, 0) is 67.1 Å². The summed E-state index contributed by atoms with van der Waals surface area (Å²) in [5.41, 5.74) is 7.60. The van der Waals surface area contributed by atoms with Crippen LogP contribution in [0.3, 0.4) is 0 Å². The number of halogens is 1. The smallest absolute Gasteiger partial charge is 0.309 e. The van der Waals surface area contributed by atoms with Crippen molar-refractivity contribution in [2.75, 3.05) is 12.4 Å². The third-order valence-electron chi connectivity index (χ3n) is 5.02. The summed E-state index contributed by atoms with van der Waals surface area (Å²) in [7, 11) is 1.54. The molecule has 0 saturated heterocycles. The lowest BCUT2D eigenvalue weighted by atomic mass is 10.0. The van der Waals surface area contributed by atoms with Gasteiger partial charge in [0.15, 0.2) is 0 Å². The van der Waals surface area contributed by atoms with Gasteiger partial charge in [-0.1, -0.05) is 12.1 Å². The van der Waals surface area contributed by atoms with Crippen molar-refractivity contribution in [2.45, 2.75) is 19.1 Å². The fourth-order valence-electron chi connectivity index (χ4n) is 3.31. The maximum Gasteiger partial charge on any atom is 0.309 e. The highest BCUT2D eigenvalue weighted by Crippen LogP contribution is 2.30. The highest BCUT2D eigenvalue weighted by molar-refractivity contribution is 6.34. The van der Waals surface area contributed by atoms with E-state index in [0.29, 0.717) is 34.0 Å². The monoisotopic (exact) mass is 464 g/mol. The zero-order chi connectivity index (χ0) is 24.7. The lowest BCUT2D eigenvalue weighted by Crippen LogP contribution is -2.44. The van der Waals surface area contributed by atoms with E-state index < -0.39 is 24.0 Å². The number of carbonyl (C=O) groups is 2. The lowest BCUT2D eigenvalue weighted by molar-refractivity contribution is -0.138. The standard InChI is InChI=1S/C25H25FN4O4/c1-15(29-25(32)24(28)31)23(16-4-3-5-20(12-16)33-2)34-21-10-11-22(17(13-21)14-27)30-19-8-6-18(26)7-9-19/h3-15,23,27,30H,1-2H3,(H2,28,31)(H,29,32)/t15-,23-/m0/s1. The predicted molar refractivity (Wildman–Crippen MR) is 127 cm³/mol. The van der Waals surface area contributed by atoms with Crippen LogP contribution in [0.2, 0.25) is 0 Å². The number of hydrogen-bond donors (Lipinski definition) is 4. The summed E-state index contributed by atoms with van der Waals surface area (Å²) in [6.45, 7) is 1.69. The average molecular weight is 464 g/mol. The minimum atomic E-state index is -1.10. The molecular formula is C25H25FN4O4. The van der Waals surface area contributed by atoms with Crippen LogP contribution < -0.4 is 25.8 Å². The van der Waals surface area contributed by atoms with Gasteiger partial charge in [0.1, 0.15) is 23.4 Å². The number of anilines is 2. The lowest BCUT2D eigenvalue weighted by Gasteiger charge is -2.27. The number of benzene rings is 3. The number of ether oxygens (including phenoxy) is 2. The van der Waals surface area contributed by atoms with E-state index in [4.69, 9.17) is 20.6 Å². The second kappa shape index (κ2) is 11.0. The zero-order valence-corrected chi connectivity index (χ0v) is 18.7. The van der Waals surface area contributed by atoms with Crippen molar-refractivity contribution < 1.29 is 23.5 Å². The van der Waals surface area contributed by atoms with Crippen LogP contribution in [0.25, 0.3) is 0 Å². The number of methoxy groups -OCH3 is 1. The van der Waals surface area contributed by atoms with Gasteiger partial charge in [-0.25, -0.2) is 4.39 Å². The van der Waals surface area contributed by atoms with Crippen molar-refractivity contribution in [2.24, 2.45) is 5.73 Å².